The third kappa shape index (κ3) is 5.08. The van der Waals surface area contributed by atoms with Gasteiger partial charge in [0, 0.05) is 56.4 Å². The minimum absolute atomic E-state index is 0.0120. The topological polar surface area (TPSA) is 73.0 Å². The number of amides is 4. The predicted octanol–water partition coefficient (Wildman–Crippen LogP) is 3.32. The van der Waals surface area contributed by atoms with Gasteiger partial charge in [-0.15, -0.1) is 0 Å². The van der Waals surface area contributed by atoms with Gasteiger partial charge in [-0.2, -0.15) is 0 Å². The van der Waals surface area contributed by atoms with E-state index in [-0.39, 0.29) is 23.8 Å². The molecule has 158 valence electrons. The van der Waals surface area contributed by atoms with Crippen molar-refractivity contribution in [3.05, 3.63) is 24.3 Å². The number of piperidine rings is 2. The van der Waals surface area contributed by atoms with Crippen molar-refractivity contribution in [2.75, 3.05) is 42.9 Å². The molecule has 0 spiro atoms. The smallest absolute Gasteiger partial charge is 0.319 e. The largest absolute Gasteiger partial charge is 0.326 e. The summed E-state index contributed by atoms with van der Waals surface area (Å²) < 4.78 is 0. The number of nitrogens with zero attached hydrogens (tertiary/aromatic N) is 3. The molecule has 0 atom stereocenters. The fraction of sp³-hybridized carbons (Fsp3) is 0.591. The molecule has 4 amide bonds. The van der Waals surface area contributed by atoms with E-state index in [1.165, 1.54) is 0 Å². The second kappa shape index (κ2) is 9.76. The van der Waals surface area contributed by atoms with Gasteiger partial charge in [0.05, 0.1) is 0 Å². The summed E-state index contributed by atoms with van der Waals surface area (Å²) in [7, 11) is 0. The number of rotatable bonds is 5. The lowest BCUT2D eigenvalue weighted by Gasteiger charge is -2.34. The second-order valence-electron chi connectivity index (χ2n) is 7.76. The molecule has 7 heteroatoms. The zero-order chi connectivity index (χ0) is 20.8. The van der Waals surface area contributed by atoms with Gasteiger partial charge in [-0.05, 0) is 57.7 Å². The van der Waals surface area contributed by atoms with Gasteiger partial charge in [-0.25, -0.2) is 4.79 Å². The molecule has 0 radical (unpaired) electrons. The van der Waals surface area contributed by atoms with Crippen LogP contribution in [0.15, 0.2) is 24.3 Å². The maximum absolute atomic E-state index is 12.7. The van der Waals surface area contributed by atoms with Crippen molar-refractivity contribution in [2.45, 2.75) is 46.0 Å². The molecule has 2 aliphatic heterocycles. The number of carbonyl (C=O) groups excluding carboxylic acids is 3. The van der Waals surface area contributed by atoms with E-state index in [1.54, 1.807) is 4.90 Å². The second-order valence-corrected chi connectivity index (χ2v) is 7.76. The molecular weight excluding hydrogens is 368 g/mol. The van der Waals surface area contributed by atoms with E-state index in [2.05, 4.69) is 5.32 Å². The summed E-state index contributed by atoms with van der Waals surface area (Å²) in [6.45, 7) is 7.30. The fourth-order valence-corrected chi connectivity index (χ4v) is 4.10. The first-order valence-corrected chi connectivity index (χ1v) is 10.8. The number of likely N-dealkylation sites (tertiary alicyclic amines) is 1. The summed E-state index contributed by atoms with van der Waals surface area (Å²) in [5.41, 5.74) is 1.56. The van der Waals surface area contributed by atoms with Crippen LogP contribution < -0.4 is 10.2 Å². The molecule has 7 nitrogen and oxygen atoms in total. The molecule has 0 aromatic heterocycles. The standard InChI is InChI=1S/C22H32N4O3/c1-3-24(4-2)22(29)25-14-11-17(12-15-25)21(28)23-18-8-7-9-19(16-18)26-13-6-5-10-20(26)27/h7-9,16-17H,3-6,10-15H2,1-2H3,(H,23,28). The SMILES string of the molecule is CCN(CC)C(=O)N1CCC(C(=O)Nc2cccc(N3CCCCC3=O)c2)CC1. The van der Waals surface area contributed by atoms with E-state index in [0.717, 1.165) is 25.1 Å². The van der Waals surface area contributed by atoms with Gasteiger partial charge in [0.15, 0.2) is 0 Å². The highest BCUT2D eigenvalue weighted by Gasteiger charge is 2.29. The maximum Gasteiger partial charge on any atom is 0.319 e. The Morgan fingerprint density at radius 1 is 1.10 bits per heavy atom. The Morgan fingerprint density at radius 3 is 2.48 bits per heavy atom. The Kier molecular flexibility index (Phi) is 7.12. The number of urea groups is 1. The Labute approximate surface area is 173 Å². The molecule has 2 saturated heterocycles. The number of anilines is 2. The normalized spacial score (nSPS) is 17.9. The van der Waals surface area contributed by atoms with Crippen LogP contribution in [0.4, 0.5) is 16.2 Å². The molecule has 2 fully saturated rings. The summed E-state index contributed by atoms with van der Waals surface area (Å²) in [5, 5.41) is 3.00. The van der Waals surface area contributed by atoms with Crippen LogP contribution in [-0.2, 0) is 9.59 Å². The first kappa shape index (κ1) is 21.1. The van der Waals surface area contributed by atoms with Crippen LogP contribution >= 0.6 is 0 Å². The van der Waals surface area contributed by atoms with Gasteiger partial charge >= 0.3 is 6.03 Å². The quantitative estimate of drug-likeness (QED) is 0.824. The first-order chi connectivity index (χ1) is 14.0. The minimum atomic E-state index is -0.101. The molecule has 2 heterocycles. The van der Waals surface area contributed by atoms with E-state index in [0.29, 0.717) is 51.1 Å². The van der Waals surface area contributed by atoms with Gasteiger partial charge in [0.1, 0.15) is 0 Å². The molecule has 1 aromatic rings. The lowest BCUT2D eigenvalue weighted by atomic mass is 9.96. The van der Waals surface area contributed by atoms with E-state index >= 15 is 0 Å². The zero-order valence-electron chi connectivity index (χ0n) is 17.5. The average Bonchev–Trinajstić information content (AvgIpc) is 2.75. The van der Waals surface area contributed by atoms with Crippen molar-refractivity contribution >= 4 is 29.2 Å². The van der Waals surface area contributed by atoms with E-state index in [4.69, 9.17) is 0 Å². The van der Waals surface area contributed by atoms with Crippen molar-refractivity contribution in [1.29, 1.82) is 0 Å². The van der Waals surface area contributed by atoms with Gasteiger partial charge in [-0.3, -0.25) is 9.59 Å². The van der Waals surface area contributed by atoms with Crippen LogP contribution in [-0.4, -0.2) is 60.4 Å². The van der Waals surface area contributed by atoms with Crippen LogP contribution in [0, 0.1) is 5.92 Å². The Bertz CT molecular complexity index is 739. The van der Waals surface area contributed by atoms with Crippen molar-refractivity contribution < 1.29 is 14.4 Å². The van der Waals surface area contributed by atoms with E-state index < -0.39 is 0 Å². The number of nitrogens with one attached hydrogen (secondary N) is 1. The number of benzene rings is 1. The van der Waals surface area contributed by atoms with Crippen LogP contribution in [0.2, 0.25) is 0 Å². The lowest BCUT2D eigenvalue weighted by Crippen LogP contribution is -2.47. The molecule has 0 bridgehead atoms. The third-order valence-corrected chi connectivity index (χ3v) is 5.92. The van der Waals surface area contributed by atoms with Crippen molar-refractivity contribution in [3.63, 3.8) is 0 Å². The van der Waals surface area contributed by atoms with Crippen molar-refractivity contribution in [1.82, 2.24) is 9.80 Å². The minimum Gasteiger partial charge on any atom is -0.326 e. The first-order valence-electron chi connectivity index (χ1n) is 10.8. The summed E-state index contributed by atoms with van der Waals surface area (Å²) >= 11 is 0. The Balaban J connectivity index is 1.55. The number of hydrogen-bond donors (Lipinski definition) is 1. The number of carbonyl (C=O) groups is 3. The predicted molar refractivity (Wildman–Crippen MR) is 114 cm³/mol. The molecule has 1 aromatic carbocycles. The average molecular weight is 401 g/mol. The third-order valence-electron chi connectivity index (χ3n) is 5.92. The summed E-state index contributed by atoms with van der Waals surface area (Å²) in [6, 6.07) is 7.58. The maximum atomic E-state index is 12.7. The molecule has 1 N–H and O–H groups in total. The fourth-order valence-electron chi connectivity index (χ4n) is 4.10. The molecule has 2 aliphatic rings. The summed E-state index contributed by atoms with van der Waals surface area (Å²) in [4.78, 5) is 42.8. The van der Waals surface area contributed by atoms with Crippen LogP contribution in [0.5, 0.6) is 0 Å². The molecule has 3 rings (SSSR count). The van der Waals surface area contributed by atoms with Gasteiger partial charge in [0.25, 0.3) is 0 Å². The van der Waals surface area contributed by atoms with Crippen LogP contribution in [0.3, 0.4) is 0 Å². The highest BCUT2D eigenvalue weighted by Crippen LogP contribution is 2.25. The molecular formula is C22H32N4O3. The zero-order valence-corrected chi connectivity index (χ0v) is 17.5. The Morgan fingerprint density at radius 2 is 1.83 bits per heavy atom. The van der Waals surface area contributed by atoms with Crippen LogP contribution in [0.25, 0.3) is 0 Å². The highest BCUT2D eigenvalue weighted by molar-refractivity contribution is 5.96. The molecule has 0 saturated carbocycles. The van der Waals surface area contributed by atoms with Gasteiger partial charge < -0.3 is 20.0 Å². The number of hydrogen-bond acceptors (Lipinski definition) is 3. The van der Waals surface area contributed by atoms with E-state index in [1.807, 2.05) is 47.9 Å². The van der Waals surface area contributed by atoms with Gasteiger partial charge in [0.2, 0.25) is 11.8 Å². The summed E-state index contributed by atoms with van der Waals surface area (Å²) in [6.07, 6.45) is 3.88. The Hall–Kier alpha value is -2.57. The van der Waals surface area contributed by atoms with Crippen LogP contribution in [0.1, 0.15) is 46.0 Å². The highest BCUT2D eigenvalue weighted by atomic mass is 16.2. The van der Waals surface area contributed by atoms with E-state index in [9.17, 15) is 14.4 Å². The van der Waals surface area contributed by atoms with Crippen molar-refractivity contribution in [2.24, 2.45) is 5.92 Å². The lowest BCUT2D eigenvalue weighted by molar-refractivity contribution is -0.121. The molecule has 29 heavy (non-hydrogen) atoms. The summed E-state index contributed by atoms with van der Waals surface area (Å²) in [5.74, 6) is 0.0306. The monoisotopic (exact) mass is 400 g/mol. The molecule has 0 aliphatic carbocycles. The molecule has 0 unspecified atom stereocenters. The van der Waals surface area contributed by atoms with Crippen molar-refractivity contribution in [3.8, 4) is 0 Å². The van der Waals surface area contributed by atoms with Gasteiger partial charge in [-0.1, -0.05) is 6.07 Å².